The van der Waals surface area contributed by atoms with Crippen molar-refractivity contribution in [2.75, 3.05) is 0 Å². The maximum atomic E-state index is 10.5. The fourth-order valence-electron chi connectivity index (χ4n) is 1.01. The monoisotopic (exact) mass is 166 g/mol. The molecule has 1 rings (SSSR count). The molecule has 64 valence electrons. The summed E-state index contributed by atoms with van der Waals surface area (Å²) in [5.41, 5.74) is 1.82. The van der Waals surface area contributed by atoms with E-state index >= 15 is 0 Å². The predicted molar refractivity (Wildman–Crippen MR) is 44.1 cm³/mol. The van der Waals surface area contributed by atoms with Crippen LogP contribution in [0.15, 0.2) is 18.2 Å². The molecule has 0 radical (unpaired) electrons. The number of carboxylic acids is 1. The first kappa shape index (κ1) is 8.74. The molecule has 0 fully saturated rings. The normalized spacial score (nSPS) is 9.83. The summed E-state index contributed by atoms with van der Waals surface area (Å²) in [7, 11) is 0. The first-order valence-electron chi connectivity index (χ1n) is 3.59. The van der Waals surface area contributed by atoms with Gasteiger partial charge in [0.1, 0.15) is 0 Å². The van der Waals surface area contributed by atoms with Crippen LogP contribution in [0.2, 0.25) is 0 Å². The number of hydrogen-bond acceptors (Lipinski definition) is 2. The van der Waals surface area contributed by atoms with Gasteiger partial charge in [0.2, 0.25) is 0 Å². The van der Waals surface area contributed by atoms with E-state index in [0.717, 1.165) is 11.1 Å². The first-order chi connectivity index (χ1) is 5.65. The highest BCUT2D eigenvalue weighted by atomic mass is 16.4. The highest BCUT2D eigenvalue weighted by molar-refractivity contribution is 5.87. The van der Waals surface area contributed by atoms with Crippen LogP contribution in [0.1, 0.15) is 21.5 Å². The van der Waals surface area contributed by atoms with Crippen LogP contribution in [0.4, 0.5) is 0 Å². The number of aryl methyl sites for hydroxylation is 1. The van der Waals surface area contributed by atoms with Gasteiger partial charge in [-0.3, -0.25) is 0 Å². The lowest BCUT2D eigenvalue weighted by Crippen LogP contribution is -1.98. The first-order valence-corrected chi connectivity index (χ1v) is 3.59. The van der Waals surface area contributed by atoms with Crippen LogP contribution >= 0.6 is 0 Å². The molecule has 1 aromatic rings. The second kappa shape index (κ2) is 3.36. The Bertz CT molecular complexity index is 305. The molecule has 0 amide bonds. The molecule has 0 unspecified atom stereocenters. The summed E-state index contributed by atoms with van der Waals surface area (Å²) in [6.45, 7) is 1.73. The van der Waals surface area contributed by atoms with Crippen molar-refractivity contribution in [2.24, 2.45) is 0 Å². The van der Waals surface area contributed by atoms with Crippen LogP contribution in [-0.4, -0.2) is 16.2 Å². The Balaban J connectivity index is 3.10. The van der Waals surface area contributed by atoms with E-state index in [1.807, 2.05) is 0 Å². The van der Waals surface area contributed by atoms with Gasteiger partial charge in [0.15, 0.2) is 0 Å². The largest absolute Gasteiger partial charge is 0.478 e. The van der Waals surface area contributed by atoms with Crippen molar-refractivity contribution >= 4 is 5.97 Å². The van der Waals surface area contributed by atoms with Gasteiger partial charge in [0.05, 0.1) is 12.2 Å². The Morgan fingerprint density at radius 1 is 1.50 bits per heavy atom. The SMILES string of the molecule is Cc1cc(C(=O)O)ccc1CO. The van der Waals surface area contributed by atoms with Crippen LogP contribution in [0, 0.1) is 6.92 Å². The zero-order valence-electron chi connectivity index (χ0n) is 6.74. The Labute approximate surface area is 70.3 Å². The summed E-state index contributed by atoms with van der Waals surface area (Å²) < 4.78 is 0. The summed E-state index contributed by atoms with van der Waals surface area (Å²) in [4.78, 5) is 10.5. The number of benzene rings is 1. The quantitative estimate of drug-likeness (QED) is 0.693. The Hall–Kier alpha value is -1.35. The predicted octanol–water partition coefficient (Wildman–Crippen LogP) is 1.19. The molecule has 0 aliphatic rings. The number of aliphatic hydroxyl groups excluding tert-OH is 1. The van der Waals surface area contributed by atoms with Crippen LogP contribution in [0.5, 0.6) is 0 Å². The van der Waals surface area contributed by atoms with Gasteiger partial charge >= 0.3 is 5.97 Å². The molecule has 0 atom stereocenters. The van der Waals surface area contributed by atoms with Crippen LogP contribution in [-0.2, 0) is 6.61 Å². The molecular weight excluding hydrogens is 156 g/mol. The summed E-state index contributed by atoms with van der Waals surface area (Å²) >= 11 is 0. The molecule has 0 saturated carbocycles. The van der Waals surface area contributed by atoms with Gasteiger partial charge < -0.3 is 10.2 Å². The Morgan fingerprint density at radius 2 is 2.17 bits per heavy atom. The zero-order valence-corrected chi connectivity index (χ0v) is 6.74. The van der Waals surface area contributed by atoms with E-state index in [0.29, 0.717) is 0 Å². The number of hydrogen-bond donors (Lipinski definition) is 2. The van der Waals surface area contributed by atoms with Crippen LogP contribution in [0.25, 0.3) is 0 Å². The molecule has 12 heavy (non-hydrogen) atoms. The van der Waals surface area contributed by atoms with Crippen molar-refractivity contribution in [1.82, 2.24) is 0 Å². The highest BCUT2D eigenvalue weighted by Gasteiger charge is 2.04. The van der Waals surface area contributed by atoms with Crippen molar-refractivity contribution in [3.63, 3.8) is 0 Å². The number of aromatic carboxylic acids is 1. The van der Waals surface area contributed by atoms with Gasteiger partial charge in [-0.1, -0.05) is 6.07 Å². The standard InChI is InChI=1S/C9H10O3/c1-6-4-7(9(11)12)2-3-8(6)5-10/h2-4,10H,5H2,1H3,(H,11,12). The van der Waals surface area contributed by atoms with E-state index in [1.165, 1.54) is 6.07 Å². The fraction of sp³-hybridized carbons (Fsp3) is 0.222. The van der Waals surface area contributed by atoms with Gasteiger partial charge in [-0.15, -0.1) is 0 Å². The molecule has 0 aliphatic heterocycles. The van der Waals surface area contributed by atoms with E-state index in [4.69, 9.17) is 10.2 Å². The molecule has 0 aromatic heterocycles. The van der Waals surface area contributed by atoms with Gasteiger partial charge in [-0.25, -0.2) is 4.79 Å². The maximum Gasteiger partial charge on any atom is 0.335 e. The van der Waals surface area contributed by atoms with Gasteiger partial charge in [-0.2, -0.15) is 0 Å². The summed E-state index contributed by atoms with van der Waals surface area (Å²) in [5, 5.41) is 17.4. The lowest BCUT2D eigenvalue weighted by Gasteiger charge is -2.02. The zero-order chi connectivity index (χ0) is 9.14. The minimum Gasteiger partial charge on any atom is -0.478 e. The van der Waals surface area contributed by atoms with Crippen LogP contribution in [0.3, 0.4) is 0 Å². The van der Waals surface area contributed by atoms with Crippen LogP contribution < -0.4 is 0 Å². The smallest absolute Gasteiger partial charge is 0.335 e. The van der Waals surface area contributed by atoms with Gasteiger partial charge in [-0.05, 0) is 30.2 Å². The summed E-state index contributed by atoms with van der Waals surface area (Å²) in [6, 6.07) is 4.66. The number of aliphatic hydroxyl groups is 1. The molecule has 2 N–H and O–H groups in total. The van der Waals surface area contributed by atoms with Gasteiger partial charge in [0, 0.05) is 0 Å². The summed E-state index contributed by atoms with van der Waals surface area (Å²) in [6.07, 6.45) is 0. The average Bonchev–Trinajstić information content (AvgIpc) is 2.04. The lowest BCUT2D eigenvalue weighted by molar-refractivity contribution is 0.0696. The summed E-state index contributed by atoms with van der Waals surface area (Å²) in [5.74, 6) is -0.942. The van der Waals surface area contributed by atoms with Gasteiger partial charge in [0.25, 0.3) is 0 Å². The third-order valence-electron chi connectivity index (χ3n) is 1.76. The lowest BCUT2D eigenvalue weighted by atomic mass is 10.1. The molecule has 1 aromatic carbocycles. The highest BCUT2D eigenvalue weighted by Crippen LogP contribution is 2.10. The van der Waals surface area contributed by atoms with Crippen molar-refractivity contribution in [2.45, 2.75) is 13.5 Å². The topological polar surface area (TPSA) is 57.5 Å². The molecule has 3 nitrogen and oxygen atoms in total. The minimum absolute atomic E-state index is 0.0499. The van der Waals surface area contributed by atoms with Crippen molar-refractivity contribution in [1.29, 1.82) is 0 Å². The second-order valence-electron chi connectivity index (χ2n) is 2.60. The molecular formula is C9H10O3. The fourth-order valence-corrected chi connectivity index (χ4v) is 1.01. The third kappa shape index (κ3) is 1.62. The van der Waals surface area contributed by atoms with E-state index in [9.17, 15) is 4.79 Å². The number of rotatable bonds is 2. The Morgan fingerprint density at radius 3 is 2.58 bits per heavy atom. The molecule has 0 spiro atoms. The van der Waals surface area contributed by atoms with E-state index in [1.54, 1.807) is 19.1 Å². The maximum absolute atomic E-state index is 10.5. The Kier molecular flexibility index (Phi) is 2.45. The molecule has 0 aliphatic carbocycles. The second-order valence-corrected chi connectivity index (χ2v) is 2.60. The molecule has 3 heteroatoms. The average molecular weight is 166 g/mol. The van der Waals surface area contributed by atoms with Crippen molar-refractivity contribution < 1.29 is 15.0 Å². The number of carbonyl (C=O) groups is 1. The molecule has 0 bridgehead atoms. The van der Waals surface area contributed by atoms with Crippen molar-refractivity contribution in [3.05, 3.63) is 34.9 Å². The van der Waals surface area contributed by atoms with E-state index in [-0.39, 0.29) is 12.2 Å². The van der Waals surface area contributed by atoms with E-state index in [2.05, 4.69) is 0 Å². The minimum atomic E-state index is -0.942. The molecule has 0 heterocycles. The third-order valence-corrected chi connectivity index (χ3v) is 1.76. The van der Waals surface area contributed by atoms with E-state index < -0.39 is 5.97 Å². The molecule has 0 saturated heterocycles. The number of carboxylic acid groups (broad SMARTS) is 1. The van der Waals surface area contributed by atoms with Crippen molar-refractivity contribution in [3.8, 4) is 0 Å².